The summed E-state index contributed by atoms with van der Waals surface area (Å²) in [5.74, 6) is -1.85. The Morgan fingerprint density at radius 1 is 1.22 bits per heavy atom. The van der Waals surface area contributed by atoms with E-state index in [1.807, 2.05) is 0 Å². The van der Waals surface area contributed by atoms with E-state index in [4.69, 9.17) is 11.6 Å². The Morgan fingerprint density at radius 3 is 2.67 bits per heavy atom. The Labute approximate surface area is 106 Å². The minimum Gasteiger partial charge on any atom is -0.339 e. The van der Waals surface area contributed by atoms with E-state index in [0.29, 0.717) is 6.29 Å². The van der Waals surface area contributed by atoms with Crippen molar-refractivity contribution in [3.8, 4) is 0 Å². The number of nitrogens with zero attached hydrogens (tertiary/aromatic N) is 2. The zero-order chi connectivity index (χ0) is 13.1. The Hall–Kier alpha value is -2.08. The maximum Gasteiger partial charge on any atom is 0.160 e. The number of halogens is 3. The lowest BCUT2D eigenvalue weighted by molar-refractivity contribution is 0.112. The molecule has 0 bridgehead atoms. The number of benzene rings is 1. The van der Waals surface area contributed by atoms with Gasteiger partial charge in [0, 0.05) is 11.8 Å². The summed E-state index contributed by atoms with van der Waals surface area (Å²) in [6.07, 6.45) is 1.63. The maximum absolute atomic E-state index is 13.0. The molecule has 0 saturated carbocycles. The van der Waals surface area contributed by atoms with E-state index in [1.54, 1.807) is 0 Å². The van der Waals surface area contributed by atoms with Crippen molar-refractivity contribution in [2.24, 2.45) is 0 Å². The van der Waals surface area contributed by atoms with Crippen molar-refractivity contribution in [3.63, 3.8) is 0 Å². The highest BCUT2D eigenvalue weighted by Gasteiger charge is 2.10. The molecule has 0 saturated heterocycles. The largest absolute Gasteiger partial charge is 0.339 e. The Bertz CT molecular complexity index is 607. The normalized spacial score (nSPS) is 10.2. The second-order valence-corrected chi connectivity index (χ2v) is 3.66. The van der Waals surface area contributed by atoms with E-state index in [0.717, 1.165) is 18.5 Å². The van der Waals surface area contributed by atoms with Gasteiger partial charge in [0.25, 0.3) is 0 Å². The van der Waals surface area contributed by atoms with Gasteiger partial charge in [0.05, 0.1) is 5.56 Å². The molecule has 18 heavy (non-hydrogen) atoms. The Kier molecular flexibility index (Phi) is 3.47. The lowest BCUT2D eigenvalue weighted by atomic mass is 10.2. The first-order chi connectivity index (χ1) is 8.61. The first kappa shape index (κ1) is 12.4. The van der Waals surface area contributed by atoms with Gasteiger partial charge in [-0.05, 0) is 12.1 Å². The molecule has 0 aliphatic carbocycles. The van der Waals surface area contributed by atoms with Gasteiger partial charge in [-0.25, -0.2) is 18.7 Å². The number of aromatic nitrogens is 2. The summed E-state index contributed by atoms with van der Waals surface area (Å²) in [4.78, 5) is 18.3. The molecule has 7 heteroatoms. The molecule has 0 aliphatic heterocycles. The number of carbonyl (C=O) groups is 1. The molecule has 0 radical (unpaired) electrons. The van der Waals surface area contributed by atoms with Gasteiger partial charge in [0.15, 0.2) is 17.9 Å². The van der Waals surface area contributed by atoms with Crippen molar-refractivity contribution >= 4 is 29.4 Å². The highest BCUT2D eigenvalue weighted by Crippen LogP contribution is 2.22. The van der Waals surface area contributed by atoms with Crippen LogP contribution in [0.15, 0.2) is 24.5 Å². The molecule has 1 aromatic heterocycles. The third kappa shape index (κ3) is 2.43. The van der Waals surface area contributed by atoms with Gasteiger partial charge in [-0.1, -0.05) is 11.6 Å². The Balaban J connectivity index is 2.36. The van der Waals surface area contributed by atoms with Gasteiger partial charge in [-0.15, -0.1) is 0 Å². The lowest BCUT2D eigenvalue weighted by Gasteiger charge is -2.08. The smallest absolute Gasteiger partial charge is 0.160 e. The standard InChI is InChI=1S/C11H6ClF2N3O/c12-10-7(4-18)11(16-5-15-10)17-6-1-2-8(13)9(14)3-6/h1-5H,(H,15,16,17). The van der Waals surface area contributed by atoms with Crippen LogP contribution in [0.1, 0.15) is 10.4 Å². The predicted molar refractivity (Wildman–Crippen MR) is 62.1 cm³/mol. The second kappa shape index (κ2) is 5.05. The average molecular weight is 270 g/mol. The average Bonchev–Trinajstić information content (AvgIpc) is 2.34. The maximum atomic E-state index is 13.0. The van der Waals surface area contributed by atoms with Gasteiger partial charge in [-0.3, -0.25) is 4.79 Å². The van der Waals surface area contributed by atoms with E-state index < -0.39 is 11.6 Å². The van der Waals surface area contributed by atoms with Crippen molar-refractivity contribution in [2.75, 3.05) is 5.32 Å². The van der Waals surface area contributed by atoms with Crippen LogP contribution < -0.4 is 5.32 Å². The third-order valence-electron chi connectivity index (χ3n) is 2.14. The summed E-state index contributed by atoms with van der Waals surface area (Å²) in [5.41, 5.74) is 0.288. The summed E-state index contributed by atoms with van der Waals surface area (Å²) in [5, 5.41) is 2.64. The van der Waals surface area contributed by atoms with Crippen molar-refractivity contribution in [3.05, 3.63) is 46.9 Å². The quantitative estimate of drug-likeness (QED) is 0.687. The predicted octanol–water partition coefficient (Wildman–Crippen LogP) is 2.96. The first-order valence-electron chi connectivity index (χ1n) is 4.79. The van der Waals surface area contributed by atoms with Crippen molar-refractivity contribution < 1.29 is 13.6 Å². The van der Waals surface area contributed by atoms with Crippen LogP contribution in [-0.2, 0) is 0 Å². The van der Waals surface area contributed by atoms with Crippen LogP contribution in [0.25, 0.3) is 0 Å². The van der Waals surface area contributed by atoms with Crippen LogP contribution in [0.2, 0.25) is 5.15 Å². The van der Waals surface area contributed by atoms with Crippen molar-refractivity contribution in [2.45, 2.75) is 0 Å². The highest BCUT2D eigenvalue weighted by molar-refractivity contribution is 6.32. The fourth-order valence-electron chi connectivity index (χ4n) is 1.29. The van der Waals surface area contributed by atoms with E-state index in [1.165, 1.54) is 6.07 Å². The number of hydrogen-bond acceptors (Lipinski definition) is 4. The molecular weight excluding hydrogens is 264 g/mol. The number of aldehydes is 1. The molecule has 4 nitrogen and oxygen atoms in total. The fourth-order valence-corrected chi connectivity index (χ4v) is 1.47. The molecule has 0 amide bonds. The molecule has 1 aromatic carbocycles. The monoisotopic (exact) mass is 269 g/mol. The fraction of sp³-hybridized carbons (Fsp3) is 0. The molecule has 2 aromatic rings. The van der Waals surface area contributed by atoms with Crippen LogP contribution in [0.4, 0.5) is 20.3 Å². The lowest BCUT2D eigenvalue weighted by Crippen LogP contribution is -2.01. The number of nitrogens with one attached hydrogen (secondary N) is 1. The molecule has 0 spiro atoms. The Morgan fingerprint density at radius 2 is 2.00 bits per heavy atom. The van der Waals surface area contributed by atoms with E-state index >= 15 is 0 Å². The molecule has 0 fully saturated rings. The van der Waals surface area contributed by atoms with Crippen LogP contribution in [0, 0.1) is 11.6 Å². The molecule has 92 valence electrons. The van der Waals surface area contributed by atoms with E-state index in [2.05, 4.69) is 15.3 Å². The summed E-state index contributed by atoms with van der Waals surface area (Å²) in [7, 11) is 0. The topological polar surface area (TPSA) is 54.9 Å². The second-order valence-electron chi connectivity index (χ2n) is 3.30. The van der Waals surface area contributed by atoms with Crippen LogP contribution in [0.5, 0.6) is 0 Å². The number of rotatable bonds is 3. The zero-order valence-electron chi connectivity index (χ0n) is 8.82. The zero-order valence-corrected chi connectivity index (χ0v) is 9.58. The molecular formula is C11H6ClF2N3O. The minimum atomic E-state index is -1.01. The first-order valence-corrected chi connectivity index (χ1v) is 5.17. The minimum absolute atomic E-state index is 0.0231. The molecule has 2 rings (SSSR count). The molecule has 0 atom stereocenters. The number of hydrogen-bond donors (Lipinski definition) is 1. The molecule has 1 heterocycles. The summed E-state index contributed by atoms with van der Waals surface area (Å²) < 4.78 is 25.7. The van der Waals surface area contributed by atoms with E-state index in [-0.39, 0.29) is 22.2 Å². The molecule has 0 unspecified atom stereocenters. The summed E-state index contributed by atoms with van der Waals surface area (Å²) >= 11 is 5.70. The molecule has 0 aliphatic rings. The molecule has 1 N–H and O–H groups in total. The number of anilines is 2. The van der Waals surface area contributed by atoms with Crippen LogP contribution in [-0.4, -0.2) is 16.3 Å². The van der Waals surface area contributed by atoms with Crippen molar-refractivity contribution in [1.82, 2.24) is 9.97 Å². The van der Waals surface area contributed by atoms with Gasteiger partial charge >= 0.3 is 0 Å². The summed E-state index contributed by atoms with van der Waals surface area (Å²) in [6, 6.07) is 3.21. The van der Waals surface area contributed by atoms with Crippen molar-refractivity contribution in [1.29, 1.82) is 0 Å². The highest BCUT2D eigenvalue weighted by atomic mass is 35.5. The van der Waals surface area contributed by atoms with Crippen LogP contribution in [0.3, 0.4) is 0 Å². The van der Waals surface area contributed by atoms with E-state index in [9.17, 15) is 13.6 Å². The van der Waals surface area contributed by atoms with Gasteiger partial charge < -0.3 is 5.32 Å². The van der Waals surface area contributed by atoms with Gasteiger partial charge in [-0.2, -0.15) is 0 Å². The van der Waals surface area contributed by atoms with Gasteiger partial charge in [0.1, 0.15) is 17.3 Å². The van der Waals surface area contributed by atoms with Gasteiger partial charge in [0.2, 0.25) is 0 Å². The third-order valence-corrected chi connectivity index (χ3v) is 2.44. The number of carbonyl (C=O) groups excluding carboxylic acids is 1. The van der Waals surface area contributed by atoms with Crippen LogP contribution >= 0.6 is 11.6 Å². The summed E-state index contributed by atoms with van der Waals surface area (Å²) in [6.45, 7) is 0. The SMILES string of the molecule is O=Cc1c(Cl)ncnc1Nc1ccc(F)c(F)c1.